The molecular weight excluding hydrogens is 341 g/mol. The van der Waals surface area contributed by atoms with Crippen LogP contribution in [0.15, 0.2) is 17.3 Å². The summed E-state index contributed by atoms with van der Waals surface area (Å²) in [7, 11) is 1.90. The van der Waals surface area contributed by atoms with E-state index < -0.39 is 0 Å². The van der Waals surface area contributed by atoms with Crippen LogP contribution in [0.1, 0.15) is 38.3 Å². The monoisotopic (exact) mass is 365 g/mol. The Labute approximate surface area is 126 Å². The summed E-state index contributed by atoms with van der Waals surface area (Å²) in [5.74, 6) is 0.516. The summed E-state index contributed by atoms with van der Waals surface area (Å²) in [4.78, 5) is 4.27. The van der Waals surface area contributed by atoms with Gasteiger partial charge in [0, 0.05) is 19.8 Å². The first-order valence-electron chi connectivity index (χ1n) is 6.24. The first kappa shape index (κ1) is 17.2. The Morgan fingerprint density at radius 1 is 1.44 bits per heavy atom. The topological polar surface area (TPSA) is 68.2 Å². The predicted octanol–water partition coefficient (Wildman–Crippen LogP) is 2.02. The molecule has 0 aliphatic carbocycles. The number of halogens is 1. The Morgan fingerprint density at radius 2 is 2.22 bits per heavy atom. The Balaban J connectivity index is 0.00000289. The van der Waals surface area contributed by atoms with E-state index in [1.807, 2.05) is 13.1 Å². The average Bonchev–Trinajstić information content (AvgIpc) is 2.72. The number of rotatable bonds is 7. The van der Waals surface area contributed by atoms with Crippen molar-refractivity contribution >= 4 is 29.9 Å². The van der Waals surface area contributed by atoms with Crippen LogP contribution in [0.4, 0.5) is 0 Å². The summed E-state index contributed by atoms with van der Waals surface area (Å²) in [5.41, 5.74) is 6.82. The van der Waals surface area contributed by atoms with Gasteiger partial charge in [0.05, 0.1) is 12.2 Å². The van der Waals surface area contributed by atoms with Crippen molar-refractivity contribution in [1.82, 2.24) is 15.1 Å². The van der Waals surface area contributed by atoms with Crippen molar-refractivity contribution in [3.05, 3.63) is 18.0 Å². The molecule has 0 aliphatic heterocycles. The third-order valence-electron chi connectivity index (χ3n) is 2.67. The standard InChI is InChI=1S/C12H23N5.HI/c1-3-4-5-6-8-14-12(13)15-10-11-7-9-16-17(11)2;/h7,9H,3-6,8,10H2,1-2H3,(H3,13,14,15);1H. The number of hydrogen-bond donors (Lipinski definition) is 2. The SMILES string of the molecule is CCCCCCNC(N)=NCc1ccnn1C.I. The lowest BCUT2D eigenvalue weighted by Gasteiger charge is -2.05. The molecule has 0 spiro atoms. The number of aryl methyl sites for hydroxylation is 1. The van der Waals surface area contributed by atoms with Crippen molar-refractivity contribution in [2.24, 2.45) is 17.8 Å². The van der Waals surface area contributed by atoms with E-state index in [2.05, 4.69) is 22.3 Å². The highest BCUT2D eigenvalue weighted by molar-refractivity contribution is 14.0. The van der Waals surface area contributed by atoms with Crippen LogP contribution in [0.3, 0.4) is 0 Å². The first-order valence-corrected chi connectivity index (χ1v) is 6.24. The second-order valence-corrected chi connectivity index (χ2v) is 4.14. The maximum absolute atomic E-state index is 5.76. The minimum absolute atomic E-state index is 0. The van der Waals surface area contributed by atoms with Gasteiger partial charge in [-0.2, -0.15) is 5.10 Å². The van der Waals surface area contributed by atoms with Gasteiger partial charge in [0.25, 0.3) is 0 Å². The highest BCUT2D eigenvalue weighted by Crippen LogP contribution is 1.98. The van der Waals surface area contributed by atoms with Gasteiger partial charge in [-0.05, 0) is 12.5 Å². The highest BCUT2D eigenvalue weighted by Gasteiger charge is 1.97. The number of aliphatic imine (C=N–C) groups is 1. The Kier molecular flexibility index (Phi) is 9.72. The lowest BCUT2D eigenvalue weighted by molar-refractivity contribution is 0.651. The first-order chi connectivity index (χ1) is 8.24. The van der Waals surface area contributed by atoms with E-state index in [4.69, 9.17) is 5.73 Å². The maximum Gasteiger partial charge on any atom is 0.188 e. The molecule has 0 aromatic carbocycles. The summed E-state index contributed by atoms with van der Waals surface area (Å²) in [6.07, 6.45) is 6.70. The van der Waals surface area contributed by atoms with E-state index in [0.29, 0.717) is 12.5 Å². The molecule has 6 heteroatoms. The zero-order valence-electron chi connectivity index (χ0n) is 11.2. The van der Waals surface area contributed by atoms with Crippen molar-refractivity contribution in [1.29, 1.82) is 0 Å². The molecule has 1 rings (SSSR count). The van der Waals surface area contributed by atoms with Gasteiger partial charge in [0.1, 0.15) is 0 Å². The largest absolute Gasteiger partial charge is 0.370 e. The molecule has 0 radical (unpaired) electrons. The van der Waals surface area contributed by atoms with Crippen molar-refractivity contribution < 1.29 is 0 Å². The van der Waals surface area contributed by atoms with E-state index in [9.17, 15) is 0 Å². The van der Waals surface area contributed by atoms with Crippen molar-refractivity contribution in [3.8, 4) is 0 Å². The summed E-state index contributed by atoms with van der Waals surface area (Å²) in [5, 5.41) is 7.20. The van der Waals surface area contributed by atoms with E-state index >= 15 is 0 Å². The summed E-state index contributed by atoms with van der Waals surface area (Å²) >= 11 is 0. The fourth-order valence-corrected chi connectivity index (χ4v) is 1.55. The van der Waals surface area contributed by atoms with Crippen molar-refractivity contribution in [2.45, 2.75) is 39.2 Å². The molecule has 0 saturated heterocycles. The Morgan fingerprint density at radius 3 is 2.83 bits per heavy atom. The van der Waals surface area contributed by atoms with Gasteiger partial charge in [-0.3, -0.25) is 4.68 Å². The maximum atomic E-state index is 5.76. The van der Waals surface area contributed by atoms with Crippen LogP contribution in [0.5, 0.6) is 0 Å². The lowest BCUT2D eigenvalue weighted by atomic mass is 10.2. The number of nitrogens with two attached hydrogens (primary N) is 1. The summed E-state index contributed by atoms with van der Waals surface area (Å²) < 4.78 is 1.80. The normalized spacial score (nSPS) is 11.1. The molecule has 0 atom stereocenters. The van der Waals surface area contributed by atoms with Crippen molar-refractivity contribution in [3.63, 3.8) is 0 Å². The van der Waals surface area contributed by atoms with E-state index in [0.717, 1.165) is 18.7 Å². The van der Waals surface area contributed by atoms with Crippen LogP contribution in [0, 0.1) is 0 Å². The van der Waals surface area contributed by atoms with Gasteiger partial charge in [-0.25, -0.2) is 4.99 Å². The van der Waals surface area contributed by atoms with Crippen molar-refractivity contribution in [2.75, 3.05) is 6.54 Å². The fraction of sp³-hybridized carbons (Fsp3) is 0.667. The quantitative estimate of drug-likeness (QED) is 0.336. The van der Waals surface area contributed by atoms with Crippen LogP contribution >= 0.6 is 24.0 Å². The molecule has 0 fully saturated rings. The zero-order valence-corrected chi connectivity index (χ0v) is 13.6. The lowest BCUT2D eigenvalue weighted by Crippen LogP contribution is -2.32. The Bertz CT molecular complexity index is 348. The summed E-state index contributed by atoms with van der Waals surface area (Å²) in [6.45, 7) is 3.68. The molecule has 0 amide bonds. The Hall–Kier alpha value is -0.790. The predicted molar refractivity (Wildman–Crippen MR) is 86.1 cm³/mol. The van der Waals surface area contributed by atoms with Crippen LogP contribution in [-0.2, 0) is 13.6 Å². The van der Waals surface area contributed by atoms with Crippen LogP contribution in [0.25, 0.3) is 0 Å². The van der Waals surface area contributed by atoms with Gasteiger partial charge in [-0.15, -0.1) is 24.0 Å². The number of aromatic nitrogens is 2. The molecule has 0 saturated carbocycles. The van der Waals surface area contributed by atoms with E-state index in [-0.39, 0.29) is 24.0 Å². The molecule has 3 N–H and O–H groups in total. The molecule has 0 unspecified atom stereocenters. The van der Waals surface area contributed by atoms with Crippen LogP contribution in [-0.4, -0.2) is 22.3 Å². The minimum Gasteiger partial charge on any atom is -0.370 e. The molecule has 5 nitrogen and oxygen atoms in total. The van der Waals surface area contributed by atoms with Gasteiger partial charge in [-0.1, -0.05) is 26.2 Å². The molecule has 1 aromatic heterocycles. The number of guanidine groups is 1. The van der Waals surface area contributed by atoms with Gasteiger partial charge in [0.15, 0.2) is 5.96 Å². The second-order valence-electron chi connectivity index (χ2n) is 4.14. The minimum atomic E-state index is 0. The van der Waals surface area contributed by atoms with Gasteiger partial charge < -0.3 is 11.1 Å². The molecule has 1 aromatic rings. The third-order valence-corrected chi connectivity index (χ3v) is 2.67. The molecule has 0 aliphatic rings. The van der Waals surface area contributed by atoms with E-state index in [1.165, 1.54) is 19.3 Å². The summed E-state index contributed by atoms with van der Waals surface area (Å²) in [6, 6.07) is 1.94. The number of nitrogens with zero attached hydrogens (tertiary/aromatic N) is 3. The number of unbranched alkanes of at least 4 members (excludes halogenated alkanes) is 3. The van der Waals surface area contributed by atoms with Crippen LogP contribution in [0.2, 0.25) is 0 Å². The molecule has 104 valence electrons. The van der Waals surface area contributed by atoms with Gasteiger partial charge >= 0.3 is 0 Å². The fourth-order valence-electron chi connectivity index (χ4n) is 1.55. The van der Waals surface area contributed by atoms with E-state index in [1.54, 1.807) is 10.9 Å². The van der Waals surface area contributed by atoms with Gasteiger partial charge in [0.2, 0.25) is 0 Å². The smallest absolute Gasteiger partial charge is 0.188 e. The molecule has 0 bridgehead atoms. The number of hydrogen-bond acceptors (Lipinski definition) is 2. The molecule has 18 heavy (non-hydrogen) atoms. The second kappa shape index (κ2) is 10.2. The average molecular weight is 365 g/mol. The zero-order chi connectivity index (χ0) is 12.5. The highest BCUT2D eigenvalue weighted by atomic mass is 127. The molecular formula is C12H24IN5. The molecule has 1 heterocycles. The number of nitrogens with one attached hydrogen (secondary N) is 1. The third kappa shape index (κ3) is 6.83. The van der Waals surface area contributed by atoms with Crippen LogP contribution < -0.4 is 11.1 Å².